The maximum absolute atomic E-state index is 12.3. The van der Waals surface area contributed by atoms with Crippen molar-refractivity contribution in [2.45, 2.75) is 26.4 Å². The highest BCUT2D eigenvalue weighted by Crippen LogP contribution is 2.23. The van der Waals surface area contributed by atoms with Gasteiger partial charge in [-0.15, -0.1) is 0 Å². The molecule has 3 aromatic rings. The lowest BCUT2D eigenvalue weighted by atomic mass is 10.1. The normalized spacial score (nSPS) is 11.0. The van der Waals surface area contributed by atoms with Gasteiger partial charge in [-0.1, -0.05) is 17.7 Å². The Labute approximate surface area is 145 Å². The molecule has 0 saturated heterocycles. The van der Waals surface area contributed by atoms with Crippen molar-refractivity contribution in [2.75, 3.05) is 5.32 Å². The number of benzene rings is 2. The Hall–Kier alpha value is -2.46. The molecule has 4 nitrogen and oxygen atoms in total. The number of aromatic amines is 1. The number of hydrogen-bond acceptors (Lipinski definition) is 2. The topological polar surface area (TPSA) is 54.1 Å². The first kappa shape index (κ1) is 16.4. The fraction of sp³-hybridized carbons (Fsp3) is 0.211. The van der Waals surface area contributed by atoms with Gasteiger partial charge in [0, 0.05) is 27.8 Å². The van der Waals surface area contributed by atoms with Crippen molar-refractivity contribution in [1.29, 1.82) is 0 Å². The second-order valence-electron chi connectivity index (χ2n) is 5.92. The fourth-order valence-corrected chi connectivity index (χ4v) is 2.74. The van der Waals surface area contributed by atoms with Crippen molar-refractivity contribution in [1.82, 2.24) is 4.98 Å². The second kappa shape index (κ2) is 6.97. The van der Waals surface area contributed by atoms with E-state index in [0.717, 1.165) is 27.9 Å². The summed E-state index contributed by atoms with van der Waals surface area (Å²) < 4.78 is 5.59. The van der Waals surface area contributed by atoms with E-state index in [1.54, 1.807) is 0 Å². The average Bonchev–Trinajstić information content (AvgIpc) is 2.90. The van der Waals surface area contributed by atoms with Crippen LogP contribution in [0, 0.1) is 0 Å². The van der Waals surface area contributed by atoms with Gasteiger partial charge in [0.1, 0.15) is 5.75 Å². The zero-order valence-corrected chi connectivity index (χ0v) is 14.4. The van der Waals surface area contributed by atoms with Gasteiger partial charge in [0.2, 0.25) is 5.91 Å². The third-order valence-electron chi connectivity index (χ3n) is 3.59. The molecule has 3 rings (SSSR count). The predicted octanol–water partition coefficient (Wildman–Crippen LogP) is 4.79. The van der Waals surface area contributed by atoms with Gasteiger partial charge in [0.15, 0.2) is 0 Å². The molecular formula is C19H19ClN2O2. The number of nitrogens with one attached hydrogen (secondary N) is 2. The molecule has 124 valence electrons. The Morgan fingerprint density at radius 3 is 2.67 bits per heavy atom. The first-order valence-corrected chi connectivity index (χ1v) is 8.21. The molecule has 0 fully saturated rings. The van der Waals surface area contributed by atoms with Crippen LogP contribution in [0.4, 0.5) is 5.69 Å². The maximum Gasteiger partial charge on any atom is 0.228 e. The lowest BCUT2D eigenvalue weighted by Crippen LogP contribution is -2.14. The second-order valence-corrected chi connectivity index (χ2v) is 6.36. The largest absolute Gasteiger partial charge is 0.491 e. The fourth-order valence-electron chi connectivity index (χ4n) is 2.57. The smallest absolute Gasteiger partial charge is 0.228 e. The monoisotopic (exact) mass is 342 g/mol. The highest BCUT2D eigenvalue weighted by molar-refractivity contribution is 6.31. The lowest BCUT2D eigenvalue weighted by molar-refractivity contribution is -0.115. The van der Waals surface area contributed by atoms with Crippen molar-refractivity contribution in [3.05, 3.63) is 59.2 Å². The third kappa shape index (κ3) is 3.89. The molecule has 1 heterocycles. The van der Waals surface area contributed by atoms with Crippen molar-refractivity contribution in [3.8, 4) is 5.75 Å². The van der Waals surface area contributed by atoms with E-state index >= 15 is 0 Å². The van der Waals surface area contributed by atoms with Crippen LogP contribution in [0.2, 0.25) is 5.02 Å². The molecule has 2 aromatic carbocycles. The van der Waals surface area contributed by atoms with Crippen LogP contribution in [0.5, 0.6) is 5.75 Å². The Kier molecular flexibility index (Phi) is 4.76. The van der Waals surface area contributed by atoms with Crippen LogP contribution in [-0.4, -0.2) is 17.0 Å². The van der Waals surface area contributed by atoms with E-state index in [1.165, 1.54) is 0 Å². The zero-order chi connectivity index (χ0) is 17.1. The number of fused-ring (bicyclic) bond motifs is 1. The average molecular weight is 343 g/mol. The Bertz CT molecular complexity index is 853. The molecule has 0 spiro atoms. The first-order chi connectivity index (χ1) is 11.5. The predicted molar refractivity (Wildman–Crippen MR) is 97.8 cm³/mol. The van der Waals surface area contributed by atoms with Crippen molar-refractivity contribution >= 4 is 34.1 Å². The summed E-state index contributed by atoms with van der Waals surface area (Å²) in [6, 6.07) is 13.0. The van der Waals surface area contributed by atoms with Crippen molar-refractivity contribution in [3.63, 3.8) is 0 Å². The SMILES string of the molecule is CC(C)Oc1ccc(NC(=O)Cc2c[nH]c3cc(Cl)ccc23)cc1. The van der Waals surface area contributed by atoms with Crippen LogP contribution in [0.15, 0.2) is 48.7 Å². The van der Waals surface area contributed by atoms with Crippen molar-refractivity contribution in [2.24, 2.45) is 0 Å². The number of carbonyl (C=O) groups excluding carboxylic acids is 1. The van der Waals surface area contributed by atoms with E-state index in [-0.39, 0.29) is 12.0 Å². The van der Waals surface area contributed by atoms with E-state index in [9.17, 15) is 4.79 Å². The van der Waals surface area contributed by atoms with Gasteiger partial charge in [-0.3, -0.25) is 4.79 Å². The molecule has 0 unspecified atom stereocenters. The number of rotatable bonds is 5. The molecule has 1 amide bonds. The van der Waals surface area contributed by atoms with Gasteiger partial charge in [0.25, 0.3) is 0 Å². The number of hydrogen-bond donors (Lipinski definition) is 2. The summed E-state index contributed by atoms with van der Waals surface area (Å²) >= 11 is 5.98. The van der Waals surface area contributed by atoms with Crippen LogP contribution in [-0.2, 0) is 11.2 Å². The zero-order valence-electron chi connectivity index (χ0n) is 13.6. The van der Waals surface area contributed by atoms with Gasteiger partial charge in [0.05, 0.1) is 12.5 Å². The minimum Gasteiger partial charge on any atom is -0.491 e. The lowest BCUT2D eigenvalue weighted by Gasteiger charge is -2.10. The third-order valence-corrected chi connectivity index (χ3v) is 3.83. The van der Waals surface area contributed by atoms with Crippen molar-refractivity contribution < 1.29 is 9.53 Å². The Balaban J connectivity index is 1.66. The standard InChI is InChI=1S/C19H19ClN2O2/c1-12(2)24-16-6-4-15(5-7-16)22-19(23)9-13-11-21-18-10-14(20)3-8-17(13)18/h3-8,10-12,21H,9H2,1-2H3,(H,22,23). The summed E-state index contributed by atoms with van der Waals surface area (Å²) in [5, 5.41) is 4.58. The number of amides is 1. The first-order valence-electron chi connectivity index (χ1n) is 7.83. The number of halogens is 1. The molecule has 0 aliphatic carbocycles. The minimum absolute atomic E-state index is 0.0663. The summed E-state index contributed by atoms with van der Waals surface area (Å²) in [6.07, 6.45) is 2.27. The van der Waals surface area contributed by atoms with E-state index in [4.69, 9.17) is 16.3 Å². The number of aromatic nitrogens is 1. The molecule has 0 atom stereocenters. The van der Waals surface area contributed by atoms with Gasteiger partial charge in [-0.05, 0) is 55.8 Å². The molecule has 1 aromatic heterocycles. The maximum atomic E-state index is 12.3. The minimum atomic E-state index is -0.0663. The summed E-state index contributed by atoms with van der Waals surface area (Å²) in [5.74, 6) is 0.722. The van der Waals surface area contributed by atoms with Crippen LogP contribution in [0.3, 0.4) is 0 Å². The summed E-state index contributed by atoms with van der Waals surface area (Å²) in [7, 11) is 0. The van der Waals surface area contributed by atoms with Gasteiger partial charge in [-0.2, -0.15) is 0 Å². The number of H-pyrrole nitrogens is 1. The summed E-state index contributed by atoms with van der Waals surface area (Å²) in [4.78, 5) is 15.4. The molecule has 0 saturated carbocycles. The van der Waals surface area contributed by atoms with Crippen LogP contribution < -0.4 is 10.1 Å². The Morgan fingerprint density at radius 2 is 1.96 bits per heavy atom. The van der Waals surface area contributed by atoms with Crippen LogP contribution in [0.1, 0.15) is 19.4 Å². The number of carbonyl (C=O) groups is 1. The quantitative estimate of drug-likeness (QED) is 0.700. The molecule has 2 N–H and O–H groups in total. The van der Waals surface area contributed by atoms with E-state index < -0.39 is 0 Å². The molecule has 0 radical (unpaired) electrons. The summed E-state index contributed by atoms with van der Waals surface area (Å²) in [6.45, 7) is 3.95. The van der Waals surface area contributed by atoms with Gasteiger partial charge >= 0.3 is 0 Å². The molecular weight excluding hydrogens is 324 g/mol. The molecule has 0 aliphatic rings. The Morgan fingerprint density at radius 1 is 1.21 bits per heavy atom. The number of anilines is 1. The van der Waals surface area contributed by atoms with E-state index in [1.807, 2.05) is 62.5 Å². The molecule has 5 heteroatoms. The van der Waals surface area contributed by atoms with E-state index in [0.29, 0.717) is 11.4 Å². The van der Waals surface area contributed by atoms with E-state index in [2.05, 4.69) is 10.3 Å². The molecule has 0 aliphatic heterocycles. The van der Waals surface area contributed by atoms with Gasteiger partial charge < -0.3 is 15.0 Å². The van der Waals surface area contributed by atoms with Gasteiger partial charge in [-0.25, -0.2) is 0 Å². The molecule has 0 bridgehead atoms. The molecule has 24 heavy (non-hydrogen) atoms. The highest BCUT2D eigenvalue weighted by atomic mass is 35.5. The highest BCUT2D eigenvalue weighted by Gasteiger charge is 2.10. The summed E-state index contributed by atoms with van der Waals surface area (Å²) in [5.41, 5.74) is 2.62. The van der Waals surface area contributed by atoms with Crippen LogP contribution in [0.25, 0.3) is 10.9 Å². The number of ether oxygens (including phenoxy) is 1. The van der Waals surface area contributed by atoms with Crippen LogP contribution >= 0.6 is 11.6 Å².